The quantitative estimate of drug-likeness (QED) is 0.161. The van der Waals surface area contributed by atoms with Crippen molar-refractivity contribution in [3.63, 3.8) is 0 Å². The molecule has 16 heteroatoms. The molecule has 0 aliphatic carbocycles. The first-order valence-corrected chi connectivity index (χ1v) is 20.4. The minimum Gasteiger partial charge on any atom is -0.307 e. The molecule has 3 aromatic heterocycles. The highest BCUT2D eigenvalue weighted by atomic mass is 19.4. The summed E-state index contributed by atoms with van der Waals surface area (Å²) in [6, 6.07) is 34.2. The molecular weight excluding hydrogens is 909 g/mol. The maximum atomic E-state index is 14.6. The predicted octanol–water partition coefficient (Wildman–Crippen LogP) is 16.2. The molecule has 7 aromatic carbocycles. The van der Waals surface area contributed by atoms with Crippen LogP contribution >= 0.6 is 0 Å². The molecule has 10 rings (SSSR count). The normalized spacial score (nSPS) is 12.7. The van der Waals surface area contributed by atoms with Crippen LogP contribution < -0.4 is 0 Å². The molecule has 0 aliphatic rings. The SMILES string of the molecule is N#Cc1cc(-n2c3ccccc3c3ccc(-c4ccc(C(F)(F)F)cc4C(F)(F)F)cc32)c(-n2c3ccccc3c3ccc(-c4ccc(C(F)(F)F)cc4C(F)(F)F)cc32)cc1-c1ccncc1. The van der Waals surface area contributed by atoms with Crippen LogP contribution in [0.4, 0.5) is 52.7 Å². The molecule has 0 fully saturated rings. The van der Waals surface area contributed by atoms with E-state index >= 15 is 0 Å². The molecule has 0 unspecified atom stereocenters. The van der Waals surface area contributed by atoms with E-state index in [1.54, 1.807) is 94.1 Å². The van der Waals surface area contributed by atoms with Gasteiger partial charge in [-0.15, -0.1) is 0 Å². The number of fused-ring (bicyclic) bond motifs is 6. The molecular formula is C52H26F12N4. The fraction of sp³-hybridized carbons (Fsp3) is 0.0769. The van der Waals surface area contributed by atoms with Gasteiger partial charge in [0.25, 0.3) is 0 Å². The van der Waals surface area contributed by atoms with Crippen molar-refractivity contribution in [2.24, 2.45) is 0 Å². The highest BCUT2D eigenvalue weighted by molar-refractivity contribution is 6.13. The van der Waals surface area contributed by atoms with E-state index < -0.39 is 58.1 Å². The smallest absolute Gasteiger partial charge is 0.307 e. The van der Waals surface area contributed by atoms with Crippen LogP contribution in [0, 0.1) is 11.3 Å². The summed E-state index contributed by atoms with van der Waals surface area (Å²) in [5.74, 6) is 0. The van der Waals surface area contributed by atoms with Gasteiger partial charge in [0, 0.05) is 39.5 Å². The molecule has 68 heavy (non-hydrogen) atoms. The number of benzene rings is 7. The summed E-state index contributed by atoms with van der Waals surface area (Å²) in [6.07, 6.45) is -17.5. The molecule has 0 radical (unpaired) electrons. The summed E-state index contributed by atoms with van der Waals surface area (Å²) < 4.78 is 174. The first kappa shape index (κ1) is 43.8. The van der Waals surface area contributed by atoms with Gasteiger partial charge in [-0.3, -0.25) is 4.98 Å². The summed E-state index contributed by atoms with van der Waals surface area (Å²) in [5.41, 5.74) is -4.06. The number of hydrogen-bond donors (Lipinski definition) is 0. The first-order chi connectivity index (χ1) is 32.2. The lowest BCUT2D eigenvalue weighted by atomic mass is 9.95. The van der Waals surface area contributed by atoms with Crippen molar-refractivity contribution in [3.8, 4) is 50.8 Å². The van der Waals surface area contributed by atoms with Crippen LogP contribution in [-0.2, 0) is 24.7 Å². The van der Waals surface area contributed by atoms with Crippen molar-refractivity contribution in [3.05, 3.63) is 186 Å². The van der Waals surface area contributed by atoms with Gasteiger partial charge in [-0.05, 0) is 101 Å². The molecule has 0 N–H and O–H groups in total. The Balaban J connectivity index is 1.32. The molecule has 0 saturated carbocycles. The second-order valence-electron chi connectivity index (χ2n) is 15.9. The van der Waals surface area contributed by atoms with Crippen molar-refractivity contribution >= 4 is 43.6 Å². The third kappa shape index (κ3) is 7.34. The standard InChI is InChI=1S/C52H26F12N4/c53-49(54,55)32-11-15-34(41(24-32)51(59,60)61)29-9-13-38-36-5-1-3-7-43(36)67(45(38)21-29)47-23-31(27-65)40(28-17-19-66-20-18-28)26-48(47)68-44-8-4-2-6-37(44)39-14-10-30(22-46(39)68)35-16-12-33(50(56,57)58)25-42(35)52(62,63)64/h1-26H. The lowest BCUT2D eigenvalue weighted by Crippen LogP contribution is -2.12. The Morgan fingerprint density at radius 3 is 1.24 bits per heavy atom. The zero-order valence-corrected chi connectivity index (χ0v) is 34.3. The molecule has 338 valence electrons. The number of halogens is 12. The van der Waals surface area contributed by atoms with Crippen LogP contribution in [0.15, 0.2) is 158 Å². The molecule has 3 heterocycles. The summed E-state index contributed by atoms with van der Waals surface area (Å²) in [5, 5.41) is 13.0. The van der Waals surface area contributed by atoms with Gasteiger partial charge in [0.05, 0.1) is 67.3 Å². The van der Waals surface area contributed by atoms with Crippen molar-refractivity contribution in [2.45, 2.75) is 24.7 Å². The zero-order chi connectivity index (χ0) is 48.1. The zero-order valence-electron chi connectivity index (χ0n) is 34.3. The second kappa shape index (κ2) is 15.5. The fourth-order valence-electron chi connectivity index (χ4n) is 9.01. The van der Waals surface area contributed by atoms with E-state index in [0.717, 1.165) is 12.1 Å². The van der Waals surface area contributed by atoms with Crippen molar-refractivity contribution in [1.29, 1.82) is 5.26 Å². The third-order valence-corrected chi connectivity index (χ3v) is 12.0. The van der Waals surface area contributed by atoms with Crippen LogP contribution in [0.25, 0.3) is 88.4 Å². The lowest BCUT2D eigenvalue weighted by Gasteiger charge is -2.20. The van der Waals surface area contributed by atoms with Crippen LogP contribution in [0.2, 0.25) is 0 Å². The van der Waals surface area contributed by atoms with E-state index in [9.17, 15) is 57.9 Å². The molecule has 4 nitrogen and oxygen atoms in total. The average Bonchev–Trinajstić information content (AvgIpc) is 3.81. The lowest BCUT2D eigenvalue weighted by molar-refractivity contribution is -0.144. The number of hydrogen-bond acceptors (Lipinski definition) is 2. The monoisotopic (exact) mass is 934 g/mol. The van der Waals surface area contributed by atoms with Gasteiger partial charge >= 0.3 is 24.7 Å². The molecule has 10 aromatic rings. The Hall–Kier alpha value is -8.06. The maximum Gasteiger partial charge on any atom is 0.417 e. The maximum absolute atomic E-state index is 14.6. The topological polar surface area (TPSA) is 46.5 Å². The number of pyridine rings is 1. The fourth-order valence-corrected chi connectivity index (χ4v) is 9.01. The Labute approximate surface area is 376 Å². The Morgan fingerprint density at radius 2 is 0.809 bits per heavy atom. The van der Waals surface area contributed by atoms with Gasteiger partial charge in [0.2, 0.25) is 0 Å². The Kier molecular flexibility index (Phi) is 9.99. The summed E-state index contributed by atoms with van der Waals surface area (Å²) in [7, 11) is 0. The molecule has 0 bridgehead atoms. The minimum absolute atomic E-state index is 0.0586. The van der Waals surface area contributed by atoms with Crippen molar-refractivity contribution in [1.82, 2.24) is 14.1 Å². The van der Waals surface area contributed by atoms with Gasteiger partial charge in [0.15, 0.2) is 0 Å². The number of rotatable bonds is 5. The van der Waals surface area contributed by atoms with E-state index in [-0.39, 0.29) is 40.0 Å². The van der Waals surface area contributed by atoms with E-state index in [2.05, 4.69) is 11.1 Å². The minimum atomic E-state index is -5.20. The second-order valence-corrected chi connectivity index (χ2v) is 15.9. The summed E-state index contributed by atoms with van der Waals surface area (Å²) in [4.78, 5) is 4.10. The van der Waals surface area contributed by atoms with Gasteiger partial charge < -0.3 is 9.13 Å². The van der Waals surface area contributed by atoms with Gasteiger partial charge in [-0.25, -0.2) is 0 Å². The van der Waals surface area contributed by atoms with Crippen molar-refractivity contribution in [2.75, 3.05) is 0 Å². The third-order valence-electron chi connectivity index (χ3n) is 12.0. The highest BCUT2D eigenvalue weighted by Gasteiger charge is 2.40. The van der Waals surface area contributed by atoms with Gasteiger partial charge in [-0.1, -0.05) is 72.8 Å². The van der Waals surface area contributed by atoms with Crippen LogP contribution in [0.3, 0.4) is 0 Å². The molecule has 0 spiro atoms. The number of nitrogens with zero attached hydrogens (tertiary/aromatic N) is 4. The molecule has 0 saturated heterocycles. The van der Waals surface area contributed by atoms with Gasteiger partial charge in [0.1, 0.15) is 0 Å². The Morgan fingerprint density at radius 1 is 0.382 bits per heavy atom. The average molecular weight is 935 g/mol. The largest absolute Gasteiger partial charge is 0.417 e. The van der Waals surface area contributed by atoms with E-state index in [0.29, 0.717) is 67.0 Å². The number of alkyl halides is 12. The van der Waals surface area contributed by atoms with Crippen LogP contribution in [0.1, 0.15) is 27.8 Å². The van der Waals surface area contributed by atoms with E-state index in [1.807, 2.05) is 0 Å². The van der Waals surface area contributed by atoms with E-state index in [1.165, 1.54) is 36.7 Å². The van der Waals surface area contributed by atoms with E-state index in [4.69, 9.17) is 0 Å². The van der Waals surface area contributed by atoms with Gasteiger partial charge in [-0.2, -0.15) is 57.9 Å². The van der Waals surface area contributed by atoms with Crippen LogP contribution in [-0.4, -0.2) is 14.1 Å². The highest BCUT2D eigenvalue weighted by Crippen LogP contribution is 2.47. The first-order valence-electron chi connectivity index (χ1n) is 20.4. The molecule has 0 amide bonds. The number of para-hydroxylation sites is 2. The van der Waals surface area contributed by atoms with Crippen molar-refractivity contribution < 1.29 is 52.7 Å². The molecule has 0 aliphatic heterocycles. The number of nitriles is 1. The predicted molar refractivity (Wildman–Crippen MR) is 234 cm³/mol. The summed E-state index contributed by atoms with van der Waals surface area (Å²) in [6.45, 7) is 0. The van der Waals surface area contributed by atoms with Crippen LogP contribution in [0.5, 0.6) is 0 Å². The number of aromatic nitrogens is 3. The summed E-state index contributed by atoms with van der Waals surface area (Å²) >= 11 is 0. The molecule has 0 atom stereocenters. The Bertz CT molecular complexity index is 3700.